The van der Waals surface area contributed by atoms with E-state index < -0.39 is 5.54 Å². The van der Waals surface area contributed by atoms with Crippen LogP contribution in [0.25, 0.3) is 22.2 Å². The highest BCUT2D eigenvalue weighted by Crippen LogP contribution is 2.41. The summed E-state index contributed by atoms with van der Waals surface area (Å²) in [6, 6.07) is 19.0. The van der Waals surface area contributed by atoms with Crippen molar-refractivity contribution in [3.63, 3.8) is 0 Å². The Kier molecular flexibility index (Phi) is 5.35. The van der Waals surface area contributed by atoms with Crippen LogP contribution in [0, 0.1) is 27.7 Å². The maximum Gasteiger partial charge on any atom is 0.255 e. The molecule has 5 rings (SSSR count). The molecule has 34 heavy (non-hydrogen) atoms. The van der Waals surface area contributed by atoms with Crippen LogP contribution in [0.1, 0.15) is 58.2 Å². The first-order valence-electron chi connectivity index (χ1n) is 12.1. The van der Waals surface area contributed by atoms with Gasteiger partial charge in [0, 0.05) is 19.2 Å². The molecule has 0 bridgehead atoms. The monoisotopic (exact) mass is 451 g/mol. The van der Waals surface area contributed by atoms with Crippen LogP contribution in [0.2, 0.25) is 0 Å². The molecule has 3 aromatic carbocycles. The zero-order valence-electron chi connectivity index (χ0n) is 21.1. The Balaban J connectivity index is 1.62. The second-order valence-electron chi connectivity index (χ2n) is 10.2. The van der Waals surface area contributed by atoms with Gasteiger partial charge in [0.1, 0.15) is 5.82 Å². The van der Waals surface area contributed by atoms with Crippen molar-refractivity contribution in [2.75, 3.05) is 6.54 Å². The summed E-state index contributed by atoms with van der Waals surface area (Å²) in [7, 11) is 2.08. The molecule has 1 unspecified atom stereocenters. The highest BCUT2D eigenvalue weighted by atomic mass is 16.2. The Labute approximate surface area is 202 Å². The van der Waals surface area contributed by atoms with Crippen molar-refractivity contribution in [3.05, 3.63) is 88.2 Å². The van der Waals surface area contributed by atoms with Gasteiger partial charge < -0.3 is 9.47 Å². The largest absolute Gasteiger partial charge is 0.329 e. The highest BCUT2D eigenvalue weighted by molar-refractivity contribution is 6.01. The SMILES string of the molecule is Cc1cccc(-c2ccc(C)cc2C(=O)N2CCCC2(C)c2nc3cc(C)c(C)cc3n2C)c1. The van der Waals surface area contributed by atoms with Gasteiger partial charge in [0.15, 0.2) is 0 Å². The van der Waals surface area contributed by atoms with E-state index in [4.69, 9.17) is 4.98 Å². The lowest BCUT2D eigenvalue weighted by Gasteiger charge is -2.35. The quantitative estimate of drug-likeness (QED) is 0.351. The number of aromatic nitrogens is 2. The molecule has 1 fully saturated rings. The van der Waals surface area contributed by atoms with Gasteiger partial charge in [-0.15, -0.1) is 0 Å². The van der Waals surface area contributed by atoms with Crippen LogP contribution in [-0.4, -0.2) is 26.9 Å². The smallest absolute Gasteiger partial charge is 0.255 e. The predicted octanol–water partition coefficient (Wildman–Crippen LogP) is 6.63. The Morgan fingerprint density at radius 2 is 1.68 bits per heavy atom. The number of carbonyl (C=O) groups excluding carboxylic acids is 1. The third kappa shape index (κ3) is 3.53. The number of hydrogen-bond acceptors (Lipinski definition) is 2. The van der Waals surface area contributed by atoms with E-state index in [1.54, 1.807) is 0 Å². The average molecular weight is 452 g/mol. The van der Waals surface area contributed by atoms with Crippen molar-refractivity contribution >= 4 is 16.9 Å². The summed E-state index contributed by atoms with van der Waals surface area (Å²) in [4.78, 5) is 21.3. The third-order valence-corrected chi connectivity index (χ3v) is 7.60. The third-order valence-electron chi connectivity index (χ3n) is 7.60. The minimum Gasteiger partial charge on any atom is -0.329 e. The van der Waals surface area contributed by atoms with Gasteiger partial charge in [-0.1, -0.05) is 47.5 Å². The maximum atomic E-state index is 14.2. The standard InChI is InChI=1S/C30H33N3O/c1-19-9-7-10-23(15-19)24-12-11-20(2)16-25(24)28(34)33-14-8-13-30(33,5)29-31-26-17-21(3)22(4)18-27(26)32(29)6/h7,9-12,15-18H,8,13-14H2,1-6H3. The summed E-state index contributed by atoms with van der Waals surface area (Å²) >= 11 is 0. The molecule has 1 aromatic heterocycles. The van der Waals surface area contributed by atoms with E-state index in [0.29, 0.717) is 0 Å². The summed E-state index contributed by atoms with van der Waals surface area (Å²) in [6.45, 7) is 11.3. The maximum absolute atomic E-state index is 14.2. The fraction of sp³-hybridized carbons (Fsp3) is 0.333. The number of hydrogen-bond donors (Lipinski definition) is 0. The van der Waals surface area contributed by atoms with Crippen LogP contribution < -0.4 is 0 Å². The van der Waals surface area contributed by atoms with Crippen LogP contribution in [0.15, 0.2) is 54.6 Å². The van der Waals surface area contributed by atoms with Crippen molar-refractivity contribution in [2.45, 2.75) is 53.0 Å². The Morgan fingerprint density at radius 1 is 0.941 bits per heavy atom. The molecule has 2 heterocycles. The van der Waals surface area contributed by atoms with E-state index in [9.17, 15) is 4.79 Å². The molecule has 0 aliphatic carbocycles. The van der Waals surface area contributed by atoms with Gasteiger partial charge in [0.25, 0.3) is 5.91 Å². The Bertz CT molecular complexity index is 1430. The zero-order valence-corrected chi connectivity index (χ0v) is 21.1. The molecule has 1 saturated heterocycles. The normalized spacial score (nSPS) is 18.1. The summed E-state index contributed by atoms with van der Waals surface area (Å²) in [6.07, 6.45) is 1.87. The van der Waals surface area contributed by atoms with Crippen molar-refractivity contribution in [1.82, 2.24) is 14.5 Å². The van der Waals surface area contributed by atoms with Gasteiger partial charge in [-0.3, -0.25) is 4.79 Å². The van der Waals surface area contributed by atoms with Gasteiger partial charge in [0.2, 0.25) is 0 Å². The molecule has 4 nitrogen and oxygen atoms in total. The van der Waals surface area contributed by atoms with Gasteiger partial charge in [-0.05, 0) is 87.9 Å². The molecular formula is C30H33N3O. The summed E-state index contributed by atoms with van der Waals surface area (Å²) in [5.74, 6) is 1.04. The number of amides is 1. The lowest BCUT2D eigenvalue weighted by atomic mass is 9.93. The number of carbonyl (C=O) groups is 1. The van der Waals surface area contributed by atoms with Crippen LogP contribution in [-0.2, 0) is 12.6 Å². The fourth-order valence-electron chi connectivity index (χ4n) is 5.49. The minimum atomic E-state index is -0.458. The number of nitrogens with zero attached hydrogens (tertiary/aromatic N) is 3. The van der Waals surface area contributed by atoms with E-state index in [-0.39, 0.29) is 5.91 Å². The lowest BCUT2D eigenvalue weighted by molar-refractivity contribution is 0.0601. The molecule has 174 valence electrons. The molecule has 1 aliphatic heterocycles. The number of aryl methyl sites for hydroxylation is 5. The van der Waals surface area contributed by atoms with Gasteiger partial charge in [-0.25, -0.2) is 4.98 Å². The second-order valence-corrected chi connectivity index (χ2v) is 10.2. The summed E-state index contributed by atoms with van der Waals surface area (Å²) < 4.78 is 2.19. The van der Waals surface area contributed by atoms with Crippen LogP contribution in [0.4, 0.5) is 0 Å². The molecular weight excluding hydrogens is 418 g/mol. The van der Waals surface area contributed by atoms with E-state index in [1.807, 2.05) is 6.07 Å². The second kappa shape index (κ2) is 8.12. The van der Waals surface area contributed by atoms with Crippen molar-refractivity contribution in [1.29, 1.82) is 0 Å². The van der Waals surface area contributed by atoms with Crippen LogP contribution in [0.5, 0.6) is 0 Å². The molecule has 4 aromatic rings. The topological polar surface area (TPSA) is 38.1 Å². The van der Waals surface area contributed by atoms with Gasteiger partial charge in [-0.2, -0.15) is 0 Å². The highest BCUT2D eigenvalue weighted by Gasteiger charge is 2.45. The first-order chi connectivity index (χ1) is 16.2. The average Bonchev–Trinajstić information content (AvgIpc) is 3.34. The first-order valence-corrected chi connectivity index (χ1v) is 12.1. The number of fused-ring (bicyclic) bond motifs is 1. The van der Waals surface area contributed by atoms with Crippen molar-refractivity contribution in [2.24, 2.45) is 7.05 Å². The number of imidazole rings is 1. The van der Waals surface area contributed by atoms with E-state index in [2.05, 4.69) is 99.7 Å². The molecule has 0 saturated carbocycles. The fourth-order valence-corrected chi connectivity index (χ4v) is 5.49. The van der Waals surface area contributed by atoms with E-state index in [0.717, 1.165) is 58.5 Å². The summed E-state index contributed by atoms with van der Waals surface area (Å²) in [5.41, 5.74) is 9.28. The molecule has 1 amide bonds. The summed E-state index contributed by atoms with van der Waals surface area (Å²) in [5, 5.41) is 0. The minimum absolute atomic E-state index is 0.0830. The molecule has 1 atom stereocenters. The molecule has 0 N–H and O–H groups in total. The Morgan fingerprint density at radius 3 is 2.44 bits per heavy atom. The van der Waals surface area contributed by atoms with Crippen molar-refractivity contribution in [3.8, 4) is 11.1 Å². The lowest BCUT2D eigenvalue weighted by Crippen LogP contribution is -2.44. The Hall–Kier alpha value is -3.40. The number of likely N-dealkylation sites (tertiary alicyclic amines) is 1. The molecule has 1 aliphatic rings. The van der Waals surface area contributed by atoms with E-state index in [1.165, 1.54) is 16.7 Å². The first kappa shape index (κ1) is 22.4. The molecule has 0 spiro atoms. The van der Waals surface area contributed by atoms with Crippen molar-refractivity contribution < 1.29 is 4.79 Å². The predicted molar refractivity (Wildman–Crippen MR) is 139 cm³/mol. The molecule has 4 heteroatoms. The van der Waals surface area contributed by atoms with Crippen LogP contribution in [0.3, 0.4) is 0 Å². The van der Waals surface area contributed by atoms with Gasteiger partial charge >= 0.3 is 0 Å². The molecule has 0 radical (unpaired) electrons. The van der Waals surface area contributed by atoms with Crippen LogP contribution >= 0.6 is 0 Å². The van der Waals surface area contributed by atoms with Gasteiger partial charge in [0.05, 0.1) is 16.6 Å². The van der Waals surface area contributed by atoms with E-state index >= 15 is 0 Å². The number of rotatable bonds is 3. The zero-order chi connectivity index (χ0) is 24.2. The number of benzene rings is 3.